The Morgan fingerprint density at radius 3 is 2.70 bits per heavy atom. The molecule has 154 valence electrons. The minimum Gasteiger partial charge on any atom is -0.462 e. The molecule has 0 spiro atoms. The molecule has 0 atom stereocenters. The summed E-state index contributed by atoms with van der Waals surface area (Å²) in [6.45, 7) is 2.24. The van der Waals surface area contributed by atoms with Crippen LogP contribution in [0.1, 0.15) is 30.1 Å². The highest BCUT2D eigenvalue weighted by Crippen LogP contribution is 2.19. The second kappa shape index (κ2) is 11.0. The minimum atomic E-state index is -0.746. The number of ether oxygens (including phenoxy) is 1. The molecular formula is C21H20N4O5. The molecule has 30 heavy (non-hydrogen) atoms. The van der Waals surface area contributed by atoms with Gasteiger partial charge < -0.3 is 15.4 Å². The molecule has 0 aliphatic heterocycles. The molecule has 2 rings (SSSR count). The molecule has 0 radical (unpaired) electrons. The van der Waals surface area contributed by atoms with Crippen LogP contribution in [-0.4, -0.2) is 23.4 Å². The maximum atomic E-state index is 12.5. The molecule has 0 aliphatic carbocycles. The van der Waals surface area contributed by atoms with Crippen molar-refractivity contribution in [2.24, 2.45) is 0 Å². The first-order chi connectivity index (χ1) is 14.5. The fourth-order valence-corrected chi connectivity index (χ4v) is 2.36. The van der Waals surface area contributed by atoms with Crippen LogP contribution in [0.4, 0.5) is 17.1 Å². The zero-order valence-electron chi connectivity index (χ0n) is 16.3. The average molecular weight is 408 g/mol. The second-order valence-electron chi connectivity index (χ2n) is 6.11. The lowest BCUT2D eigenvalue weighted by Crippen LogP contribution is -2.18. The van der Waals surface area contributed by atoms with E-state index in [0.29, 0.717) is 5.69 Å². The average Bonchev–Trinajstić information content (AvgIpc) is 2.75. The van der Waals surface area contributed by atoms with E-state index in [9.17, 15) is 25.0 Å². The maximum Gasteiger partial charge on any atom is 0.340 e. The van der Waals surface area contributed by atoms with Gasteiger partial charge in [0.25, 0.3) is 11.6 Å². The van der Waals surface area contributed by atoms with E-state index in [0.717, 1.165) is 19.0 Å². The van der Waals surface area contributed by atoms with Gasteiger partial charge in [-0.1, -0.05) is 31.5 Å². The first kappa shape index (κ1) is 22.1. The number of nitro groups is 1. The molecular weight excluding hydrogens is 388 g/mol. The highest BCUT2D eigenvalue weighted by atomic mass is 16.6. The molecule has 2 aromatic carbocycles. The molecule has 0 fully saturated rings. The molecule has 0 saturated carbocycles. The maximum absolute atomic E-state index is 12.5. The molecule has 0 bridgehead atoms. The van der Waals surface area contributed by atoms with E-state index in [-0.39, 0.29) is 29.1 Å². The number of rotatable bonds is 9. The summed E-state index contributed by atoms with van der Waals surface area (Å²) < 4.78 is 5.18. The Morgan fingerprint density at radius 2 is 2.00 bits per heavy atom. The first-order valence-corrected chi connectivity index (χ1v) is 9.15. The Morgan fingerprint density at radius 1 is 1.23 bits per heavy atom. The van der Waals surface area contributed by atoms with Crippen molar-refractivity contribution in [2.75, 3.05) is 17.2 Å². The van der Waals surface area contributed by atoms with Crippen LogP contribution in [0.5, 0.6) is 0 Å². The number of non-ortho nitro benzene ring substituents is 1. The molecule has 1 amide bonds. The smallest absolute Gasteiger partial charge is 0.340 e. The summed E-state index contributed by atoms with van der Waals surface area (Å²) in [7, 11) is 0. The van der Waals surface area contributed by atoms with E-state index < -0.39 is 16.8 Å². The molecule has 0 aromatic heterocycles. The van der Waals surface area contributed by atoms with Crippen LogP contribution in [0, 0.1) is 21.4 Å². The summed E-state index contributed by atoms with van der Waals surface area (Å²) in [5.41, 5.74) is 0.304. The van der Waals surface area contributed by atoms with Crippen LogP contribution >= 0.6 is 0 Å². The number of anilines is 2. The van der Waals surface area contributed by atoms with Gasteiger partial charge >= 0.3 is 5.97 Å². The van der Waals surface area contributed by atoms with Gasteiger partial charge in [-0.05, 0) is 24.6 Å². The minimum absolute atomic E-state index is 0.133. The van der Waals surface area contributed by atoms with Crippen LogP contribution in [0.15, 0.2) is 60.3 Å². The number of carbonyl (C=O) groups excluding carboxylic acids is 2. The van der Waals surface area contributed by atoms with E-state index in [1.807, 2.05) is 6.92 Å². The number of benzene rings is 2. The molecule has 0 saturated heterocycles. The highest BCUT2D eigenvalue weighted by molar-refractivity contribution is 6.09. The van der Waals surface area contributed by atoms with E-state index in [1.165, 1.54) is 30.3 Å². The van der Waals surface area contributed by atoms with Crippen molar-refractivity contribution in [3.05, 3.63) is 76.0 Å². The van der Waals surface area contributed by atoms with Crippen LogP contribution < -0.4 is 10.6 Å². The first-order valence-electron chi connectivity index (χ1n) is 9.15. The fraction of sp³-hybridized carbons (Fsp3) is 0.190. The number of hydrogen-bond acceptors (Lipinski definition) is 7. The highest BCUT2D eigenvalue weighted by Gasteiger charge is 2.16. The summed E-state index contributed by atoms with van der Waals surface area (Å²) in [5.74, 6) is -1.32. The third kappa shape index (κ3) is 6.17. The summed E-state index contributed by atoms with van der Waals surface area (Å²) in [6.07, 6.45) is 2.74. The van der Waals surface area contributed by atoms with Crippen molar-refractivity contribution >= 4 is 28.9 Å². The molecule has 2 aromatic rings. The van der Waals surface area contributed by atoms with Gasteiger partial charge in [0, 0.05) is 24.0 Å². The van der Waals surface area contributed by atoms with Crippen molar-refractivity contribution in [2.45, 2.75) is 19.8 Å². The molecule has 9 heteroatoms. The zero-order chi connectivity index (χ0) is 21.9. The predicted molar refractivity (Wildman–Crippen MR) is 111 cm³/mol. The van der Waals surface area contributed by atoms with Gasteiger partial charge in [0.05, 0.1) is 22.8 Å². The topological polar surface area (TPSA) is 134 Å². The number of carbonyl (C=O) groups is 2. The zero-order valence-corrected chi connectivity index (χ0v) is 16.3. The number of nitriles is 1. The number of nitrogens with one attached hydrogen (secondary N) is 2. The number of nitro benzene ring substituents is 1. The Bertz CT molecular complexity index is 1010. The third-order valence-electron chi connectivity index (χ3n) is 3.93. The second-order valence-corrected chi connectivity index (χ2v) is 6.11. The third-order valence-corrected chi connectivity index (χ3v) is 3.93. The summed E-state index contributed by atoms with van der Waals surface area (Å²) in [4.78, 5) is 35.0. The lowest BCUT2D eigenvalue weighted by molar-refractivity contribution is -0.384. The number of esters is 1. The van der Waals surface area contributed by atoms with E-state index >= 15 is 0 Å². The van der Waals surface area contributed by atoms with E-state index in [4.69, 9.17) is 4.74 Å². The van der Waals surface area contributed by atoms with Crippen LogP contribution in [0.2, 0.25) is 0 Å². The SMILES string of the molecule is CCCCOC(=O)c1ccccc1NC(=O)/C(C#N)=C\Nc1cccc([N+](=O)[O-])c1. The normalized spacial score (nSPS) is 10.6. The lowest BCUT2D eigenvalue weighted by atomic mass is 10.1. The van der Waals surface area contributed by atoms with E-state index in [1.54, 1.807) is 24.3 Å². The molecule has 9 nitrogen and oxygen atoms in total. The van der Waals surface area contributed by atoms with Gasteiger partial charge in [0.2, 0.25) is 0 Å². The van der Waals surface area contributed by atoms with E-state index in [2.05, 4.69) is 10.6 Å². The van der Waals surface area contributed by atoms with Gasteiger partial charge in [0.15, 0.2) is 0 Å². The molecule has 0 heterocycles. The Hall–Kier alpha value is -4.19. The van der Waals surface area contributed by atoms with Crippen LogP contribution in [0.3, 0.4) is 0 Å². The molecule has 2 N–H and O–H groups in total. The van der Waals surface area contributed by atoms with Gasteiger partial charge in [-0.3, -0.25) is 14.9 Å². The van der Waals surface area contributed by atoms with Gasteiger partial charge in [-0.25, -0.2) is 4.79 Å². The Kier molecular flexibility index (Phi) is 8.08. The quantitative estimate of drug-likeness (QED) is 0.160. The standard InChI is InChI=1S/C21H20N4O5/c1-2-3-11-30-21(27)18-9-4-5-10-19(18)24-20(26)15(13-22)14-23-16-7-6-8-17(12-16)25(28)29/h4-10,12,14,23H,2-3,11H2,1H3,(H,24,26)/b15-14-. The van der Waals surface area contributed by atoms with Crippen LogP contribution in [-0.2, 0) is 9.53 Å². The van der Waals surface area contributed by atoms with Crippen LogP contribution in [0.25, 0.3) is 0 Å². The number of nitrogens with zero attached hydrogens (tertiary/aromatic N) is 2. The van der Waals surface area contributed by atoms with Crippen molar-refractivity contribution in [3.63, 3.8) is 0 Å². The number of para-hydroxylation sites is 1. The van der Waals surface area contributed by atoms with Crippen molar-refractivity contribution in [3.8, 4) is 6.07 Å². The van der Waals surface area contributed by atoms with Crippen molar-refractivity contribution in [1.29, 1.82) is 5.26 Å². The number of unbranched alkanes of at least 4 members (excludes halogenated alkanes) is 1. The van der Waals surface area contributed by atoms with Gasteiger partial charge in [-0.2, -0.15) is 5.26 Å². The van der Waals surface area contributed by atoms with Crippen molar-refractivity contribution in [1.82, 2.24) is 0 Å². The summed E-state index contributed by atoms with van der Waals surface area (Å²) in [6, 6.07) is 13.7. The van der Waals surface area contributed by atoms with Gasteiger partial charge in [-0.15, -0.1) is 0 Å². The largest absolute Gasteiger partial charge is 0.462 e. The monoisotopic (exact) mass is 408 g/mol. The number of hydrogen-bond donors (Lipinski definition) is 2. The summed E-state index contributed by atoms with van der Waals surface area (Å²) in [5, 5.41) is 25.3. The predicted octanol–water partition coefficient (Wildman–Crippen LogP) is 4.01. The molecule has 0 aliphatic rings. The molecule has 0 unspecified atom stereocenters. The summed E-state index contributed by atoms with van der Waals surface area (Å²) >= 11 is 0. The lowest BCUT2D eigenvalue weighted by Gasteiger charge is -2.10. The number of amides is 1. The Balaban J connectivity index is 2.13. The fourth-order valence-electron chi connectivity index (χ4n) is 2.36. The Labute approximate surface area is 173 Å². The van der Waals surface area contributed by atoms with Gasteiger partial charge in [0.1, 0.15) is 11.6 Å². The van der Waals surface area contributed by atoms with Crippen molar-refractivity contribution < 1.29 is 19.2 Å².